The molecule has 3 heterocycles. The molecule has 1 saturated heterocycles. The van der Waals surface area contributed by atoms with E-state index in [2.05, 4.69) is 27.3 Å². The van der Waals surface area contributed by atoms with Gasteiger partial charge in [0.05, 0.1) is 6.20 Å². The number of rotatable bonds is 2. The third-order valence-corrected chi connectivity index (χ3v) is 3.06. The van der Waals surface area contributed by atoms with Crippen molar-refractivity contribution in [3.05, 3.63) is 24.7 Å². The Balaban J connectivity index is 1.86. The fourth-order valence-corrected chi connectivity index (χ4v) is 2.22. The number of fused-ring (bicyclic) bond motifs is 1. The van der Waals surface area contributed by atoms with Gasteiger partial charge >= 0.3 is 0 Å². The molecule has 0 spiro atoms. The lowest BCUT2D eigenvalue weighted by atomic mass is 10.2. The monoisotopic (exact) mass is 217 g/mol. The molecule has 3 rings (SSSR count). The quantitative estimate of drug-likeness (QED) is 0.810. The van der Waals surface area contributed by atoms with Gasteiger partial charge in [-0.1, -0.05) is 0 Å². The van der Waals surface area contributed by atoms with Gasteiger partial charge in [-0.15, -0.1) is 0 Å². The van der Waals surface area contributed by atoms with E-state index in [1.165, 1.54) is 6.42 Å². The topological polar surface area (TPSA) is 45.5 Å². The number of hydrogen-bond acceptors (Lipinski definition) is 4. The summed E-state index contributed by atoms with van der Waals surface area (Å²) >= 11 is 0. The maximum Gasteiger partial charge on any atom is 0.152 e. The number of nitrogens with one attached hydrogen (secondary N) is 1. The molecule has 0 saturated carbocycles. The Labute approximate surface area is 94.1 Å². The zero-order chi connectivity index (χ0) is 11.0. The number of nitrogens with zero attached hydrogens (tertiary/aromatic N) is 4. The molecule has 1 N–H and O–H groups in total. The molecule has 5 heteroatoms. The molecule has 84 valence electrons. The Kier molecular flexibility index (Phi) is 2.25. The van der Waals surface area contributed by atoms with E-state index in [-0.39, 0.29) is 0 Å². The van der Waals surface area contributed by atoms with Crippen LogP contribution in [0.15, 0.2) is 24.7 Å². The number of aromatic nitrogens is 3. The van der Waals surface area contributed by atoms with Crippen LogP contribution < -0.4 is 5.32 Å². The molecule has 0 radical (unpaired) electrons. The molecular weight excluding hydrogens is 202 g/mol. The summed E-state index contributed by atoms with van der Waals surface area (Å²) in [6.07, 6.45) is 6.61. The summed E-state index contributed by atoms with van der Waals surface area (Å²) in [7, 11) is 2.15. The van der Waals surface area contributed by atoms with Gasteiger partial charge in [0.15, 0.2) is 5.82 Å². The molecule has 16 heavy (non-hydrogen) atoms. The standard InChI is InChI=1S/C11H15N5/c1-15-6-3-9(8-15)14-11-10-2-4-13-16(10)7-5-12-11/h2,4-5,7,9H,3,6,8H2,1H3,(H,12,14). The van der Waals surface area contributed by atoms with E-state index in [4.69, 9.17) is 0 Å². The summed E-state index contributed by atoms with van der Waals surface area (Å²) in [6, 6.07) is 2.48. The molecule has 2 aromatic rings. The van der Waals surface area contributed by atoms with Crippen LogP contribution >= 0.6 is 0 Å². The van der Waals surface area contributed by atoms with Gasteiger partial charge < -0.3 is 10.2 Å². The fourth-order valence-electron chi connectivity index (χ4n) is 2.22. The third kappa shape index (κ3) is 1.63. The highest BCUT2D eigenvalue weighted by Gasteiger charge is 2.20. The van der Waals surface area contributed by atoms with Gasteiger partial charge in [0.1, 0.15) is 5.52 Å². The van der Waals surface area contributed by atoms with E-state index >= 15 is 0 Å². The van der Waals surface area contributed by atoms with E-state index in [1.807, 2.05) is 16.8 Å². The van der Waals surface area contributed by atoms with Crippen molar-refractivity contribution in [1.82, 2.24) is 19.5 Å². The van der Waals surface area contributed by atoms with Crippen LogP contribution in [0.2, 0.25) is 0 Å². The highest BCUT2D eigenvalue weighted by molar-refractivity contribution is 5.67. The van der Waals surface area contributed by atoms with Crippen molar-refractivity contribution in [2.45, 2.75) is 12.5 Å². The van der Waals surface area contributed by atoms with Gasteiger partial charge in [0.2, 0.25) is 0 Å². The maximum atomic E-state index is 4.38. The van der Waals surface area contributed by atoms with Crippen molar-refractivity contribution in [2.75, 3.05) is 25.5 Å². The maximum absolute atomic E-state index is 4.38. The first-order valence-corrected chi connectivity index (χ1v) is 5.56. The van der Waals surface area contributed by atoms with E-state index in [0.29, 0.717) is 6.04 Å². The number of hydrogen-bond donors (Lipinski definition) is 1. The van der Waals surface area contributed by atoms with Gasteiger partial charge in [-0.2, -0.15) is 5.10 Å². The van der Waals surface area contributed by atoms with Crippen LogP contribution in [0.3, 0.4) is 0 Å². The highest BCUT2D eigenvalue weighted by Crippen LogP contribution is 2.17. The van der Waals surface area contributed by atoms with Gasteiger partial charge in [-0.3, -0.25) is 0 Å². The molecule has 1 atom stereocenters. The SMILES string of the molecule is CN1CCC(Nc2nccn3nccc23)C1. The summed E-state index contributed by atoms with van der Waals surface area (Å²) in [4.78, 5) is 6.70. The Morgan fingerprint density at radius 2 is 2.38 bits per heavy atom. The van der Waals surface area contributed by atoms with Crippen molar-refractivity contribution < 1.29 is 0 Å². The predicted octanol–water partition coefficient (Wildman–Crippen LogP) is 0.845. The Hall–Kier alpha value is -1.62. The van der Waals surface area contributed by atoms with Crippen LogP contribution in [0.25, 0.3) is 5.52 Å². The first-order valence-electron chi connectivity index (χ1n) is 5.56. The molecular formula is C11H15N5. The fraction of sp³-hybridized carbons (Fsp3) is 0.455. The molecule has 0 aliphatic carbocycles. The van der Waals surface area contributed by atoms with Crippen LogP contribution in [0.1, 0.15) is 6.42 Å². The zero-order valence-corrected chi connectivity index (χ0v) is 9.30. The molecule has 1 aliphatic heterocycles. The second-order valence-corrected chi connectivity index (χ2v) is 4.33. The molecule has 0 amide bonds. The zero-order valence-electron chi connectivity index (χ0n) is 9.30. The lowest BCUT2D eigenvalue weighted by Crippen LogP contribution is -2.24. The van der Waals surface area contributed by atoms with Crippen molar-refractivity contribution in [3.63, 3.8) is 0 Å². The van der Waals surface area contributed by atoms with Gasteiger partial charge in [0.25, 0.3) is 0 Å². The summed E-state index contributed by atoms with van der Waals surface area (Å²) in [5, 5.41) is 7.68. The van der Waals surface area contributed by atoms with Gasteiger partial charge in [0, 0.05) is 25.0 Å². The Morgan fingerprint density at radius 1 is 1.44 bits per heavy atom. The van der Waals surface area contributed by atoms with Crippen LogP contribution in [0, 0.1) is 0 Å². The average Bonchev–Trinajstić information content (AvgIpc) is 2.87. The lowest BCUT2D eigenvalue weighted by molar-refractivity contribution is 0.414. The molecule has 1 fully saturated rings. The van der Waals surface area contributed by atoms with Gasteiger partial charge in [-0.25, -0.2) is 9.50 Å². The molecule has 2 aromatic heterocycles. The van der Waals surface area contributed by atoms with Crippen LogP contribution in [0.5, 0.6) is 0 Å². The third-order valence-electron chi connectivity index (χ3n) is 3.06. The largest absolute Gasteiger partial charge is 0.364 e. The smallest absolute Gasteiger partial charge is 0.152 e. The average molecular weight is 217 g/mol. The molecule has 0 bridgehead atoms. The van der Waals surface area contributed by atoms with Crippen molar-refractivity contribution in [3.8, 4) is 0 Å². The minimum atomic E-state index is 0.499. The van der Waals surface area contributed by atoms with E-state index in [9.17, 15) is 0 Å². The van der Waals surface area contributed by atoms with E-state index in [1.54, 1.807) is 12.4 Å². The van der Waals surface area contributed by atoms with Crippen LogP contribution in [0.4, 0.5) is 5.82 Å². The second-order valence-electron chi connectivity index (χ2n) is 4.33. The van der Waals surface area contributed by atoms with Crippen LogP contribution in [-0.4, -0.2) is 45.7 Å². The number of likely N-dealkylation sites (N-methyl/N-ethyl adjacent to an activating group) is 1. The molecule has 0 aromatic carbocycles. The molecule has 5 nitrogen and oxygen atoms in total. The molecule has 1 unspecified atom stereocenters. The number of likely N-dealkylation sites (tertiary alicyclic amines) is 1. The lowest BCUT2D eigenvalue weighted by Gasteiger charge is -2.13. The number of anilines is 1. The van der Waals surface area contributed by atoms with Crippen LogP contribution in [-0.2, 0) is 0 Å². The van der Waals surface area contributed by atoms with Crippen molar-refractivity contribution in [2.24, 2.45) is 0 Å². The normalized spacial score (nSPS) is 21.7. The Bertz CT molecular complexity index is 492. The predicted molar refractivity (Wildman–Crippen MR) is 62.5 cm³/mol. The highest BCUT2D eigenvalue weighted by atomic mass is 15.2. The van der Waals surface area contributed by atoms with Crippen molar-refractivity contribution in [1.29, 1.82) is 0 Å². The minimum absolute atomic E-state index is 0.499. The summed E-state index contributed by atoms with van der Waals surface area (Å²) in [5.41, 5.74) is 1.04. The summed E-state index contributed by atoms with van der Waals surface area (Å²) in [5.74, 6) is 0.931. The minimum Gasteiger partial charge on any atom is -0.364 e. The first-order chi connectivity index (χ1) is 7.83. The second kappa shape index (κ2) is 3.75. The van der Waals surface area contributed by atoms with Gasteiger partial charge in [-0.05, 0) is 26.1 Å². The first kappa shape index (κ1) is 9.59. The summed E-state index contributed by atoms with van der Waals surface area (Å²) in [6.45, 7) is 2.23. The summed E-state index contributed by atoms with van der Waals surface area (Å²) < 4.78 is 1.84. The van der Waals surface area contributed by atoms with E-state index in [0.717, 1.165) is 24.4 Å². The Morgan fingerprint density at radius 3 is 3.19 bits per heavy atom. The van der Waals surface area contributed by atoms with Crippen molar-refractivity contribution >= 4 is 11.3 Å². The molecule has 1 aliphatic rings. The van der Waals surface area contributed by atoms with E-state index < -0.39 is 0 Å².